The van der Waals surface area contributed by atoms with Gasteiger partial charge < -0.3 is 14.4 Å². The maximum atomic E-state index is 12.8. The van der Waals surface area contributed by atoms with Gasteiger partial charge in [-0.1, -0.05) is 30.3 Å². The van der Waals surface area contributed by atoms with E-state index in [1.54, 1.807) is 19.2 Å². The van der Waals surface area contributed by atoms with Gasteiger partial charge in [-0.25, -0.2) is 4.98 Å². The van der Waals surface area contributed by atoms with E-state index in [1.165, 1.54) is 0 Å². The lowest BCUT2D eigenvalue weighted by molar-refractivity contribution is 0.0768. The fourth-order valence-electron chi connectivity index (χ4n) is 3.28. The van der Waals surface area contributed by atoms with Gasteiger partial charge in [0.1, 0.15) is 11.9 Å². The Bertz CT molecular complexity index is 941. The summed E-state index contributed by atoms with van der Waals surface area (Å²) >= 11 is 0. The van der Waals surface area contributed by atoms with Crippen LogP contribution in [0.3, 0.4) is 0 Å². The van der Waals surface area contributed by atoms with Crippen LogP contribution in [0.5, 0.6) is 11.6 Å². The number of pyridine rings is 1. The van der Waals surface area contributed by atoms with Crippen molar-refractivity contribution in [3.63, 3.8) is 0 Å². The van der Waals surface area contributed by atoms with Crippen LogP contribution in [-0.2, 0) is 0 Å². The molecule has 1 atom stereocenters. The Morgan fingerprint density at radius 1 is 1.08 bits per heavy atom. The van der Waals surface area contributed by atoms with E-state index in [1.807, 2.05) is 53.4 Å². The molecule has 4 rings (SSSR count). The van der Waals surface area contributed by atoms with Crippen LogP contribution in [-0.4, -0.2) is 42.1 Å². The average molecular weight is 348 g/mol. The van der Waals surface area contributed by atoms with Gasteiger partial charge in [-0.05, 0) is 24.3 Å². The van der Waals surface area contributed by atoms with Crippen molar-refractivity contribution in [3.8, 4) is 11.6 Å². The minimum Gasteiger partial charge on any atom is -0.496 e. The summed E-state index contributed by atoms with van der Waals surface area (Å²) in [7, 11) is 1.58. The molecule has 26 heavy (non-hydrogen) atoms. The summed E-state index contributed by atoms with van der Waals surface area (Å²) in [5.74, 6) is 1.17. The SMILES string of the molecule is COc1ccccc1C(=O)N1CCC(Oc2ccc3ccccc3n2)C1. The maximum absolute atomic E-state index is 12.8. The van der Waals surface area contributed by atoms with E-state index in [4.69, 9.17) is 9.47 Å². The summed E-state index contributed by atoms with van der Waals surface area (Å²) in [4.78, 5) is 19.1. The molecule has 1 fully saturated rings. The highest BCUT2D eigenvalue weighted by Gasteiger charge is 2.29. The highest BCUT2D eigenvalue weighted by Crippen LogP contribution is 2.24. The van der Waals surface area contributed by atoms with E-state index in [2.05, 4.69) is 4.98 Å². The zero-order chi connectivity index (χ0) is 17.9. The van der Waals surface area contributed by atoms with Crippen molar-refractivity contribution in [1.82, 2.24) is 9.88 Å². The van der Waals surface area contributed by atoms with Crippen LogP contribution in [0.2, 0.25) is 0 Å². The fourth-order valence-corrected chi connectivity index (χ4v) is 3.28. The summed E-state index contributed by atoms with van der Waals surface area (Å²) in [6.45, 7) is 1.21. The number of rotatable bonds is 4. The molecule has 1 aromatic heterocycles. The number of amides is 1. The summed E-state index contributed by atoms with van der Waals surface area (Å²) in [5.41, 5.74) is 1.49. The molecule has 1 aliphatic heterocycles. The van der Waals surface area contributed by atoms with Crippen molar-refractivity contribution in [3.05, 3.63) is 66.2 Å². The van der Waals surface area contributed by atoms with Gasteiger partial charge >= 0.3 is 0 Å². The van der Waals surface area contributed by atoms with Crippen LogP contribution < -0.4 is 9.47 Å². The van der Waals surface area contributed by atoms with Gasteiger partial charge in [0, 0.05) is 24.4 Å². The average Bonchev–Trinajstić information content (AvgIpc) is 3.15. The predicted molar refractivity (Wildman–Crippen MR) is 99.7 cm³/mol. The monoisotopic (exact) mass is 348 g/mol. The number of hydrogen-bond donors (Lipinski definition) is 0. The summed E-state index contributed by atoms with van der Waals surface area (Å²) < 4.78 is 11.3. The van der Waals surface area contributed by atoms with Gasteiger partial charge in [0.2, 0.25) is 5.88 Å². The predicted octanol–water partition coefficient (Wildman–Crippen LogP) is 3.54. The minimum absolute atomic E-state index is 0.0278. The van der Waals surface area contributed by atoms with Gasteiger partial charge in [0.15, 0.2) is 0 Å². The molecule has 2 heterocycles. The van der Waals surface area contributed by atoms with Crippen LogP contribution in [0.4, 0.5) is 0 Å². The molecule has 3 aromatic rings. The third-order valence-corrected chi connectivity index (χ3v) is 4.63. The molecule has 1 saturated heterocycles. The van der Waals surface area contributed by atoms with E-state index in [0.29, 0.717) is 30.3 Å². The molecular weight excluding hydrogens is 328 g/mol. The van der Waals surface area contributed by atoms with Crippen molar-refractivity contribution < 1.29 is 14.3 Å². The van der Waals surface area contributed by atoms with Gasteiger partial charge in [0.05, 0.1) is 24.7 Å². The van der Waals surface area contributed by atoms with Crippen molar-refractivity contribution >= 4 is 16.8 Å². The molecule has 0 spiro atoms. The van der Waals surface area contributed by atoms with Crippen molar-refractivity contribution in [2.24, 2.45) is 0 Å². The second-order valence-corrected chi connectivity index (χ2v) is 6.32. The molecule has 5 nitrogen and oxygen atoms in total. The number of benzene rings is 2. The molecule has 1 unspecified atom stereocenters. The normalized spacial score (nSPS) is 16.7. The van der Waals surface area contributed by atoms with Crippen molar-refractivity contribution in [2.45, 2.75) is 12.5 Å². The molecule has 0 saturated carbocycles. The van der Waals surface area contributed by atoms with E-state index in [9.17, 15) is 4.79 Å². The minimum atomic E-state index is -0.0534. The van der Waals surface area contributed by atoms with Gasteiger partial charge in [-0.2, -0.15) is 0 Å². The standard InChI is InChI=1S/C21H20N2O3/c1-25-19-9-5-3-7-17(19)21(24)23-13-12-16(14-23)26-20-11-10-15-6-2-4-8-18(15)22-20/h2-11,16H,12-14H2,1H3. The zero-order valence-corrected chi connectivity index (χ0v) is 14.6. The Labute approximate surface area is 152 Å². The molecule has 1 amide bonds. The fraction of sp³-hybridized carbons (Fsp3) is 0.238. The Kier molecular flexibility index (Phi) is 4.44. The molecule has 132 valence electrons. The maximum Gasteiger partial charge on any atom is 0.257 e. The lowest BCUT2D eigenvalue weighted by Crippen LogP contribution is -2.31. The van der Waals surface area contributed by atoms with Crippen LogP contribution in [0, 0.1) is 0 Å². The summed E-state index contributed by atoms with van der Waals surface area (Å²) in [6, 6.07) is 19.1. The third kappa shape index (κ3) is 3.20. The smallest absolute Gasteiger partial charge is 0.257 e. The summed E-state index contributed by atoms with van der Waals surface area (Å²) in [6.07, 6.45) is 0.734. The molecule has 5 heteroatoms. The number of ether oxygens (including phenoxy) is 2. The molecule has 0 aliphatic carbocycles. The highest BCUT2D eigenvalue weighted by molar-refractivity contribution is 5.97. The number of para-hydroxylation sites is 2. The molecular formula is C21H20N2O3. The van der Waals surface area contributed by atoms with E-state index in [-0.39, 0.29) is 12.0 Å². The number of methoxy groups -OCH3 is 1. The number of carbonyl (C=O) groups is 1. The van der Waals surface area contributed by atoms with Gasteiger partial charge in [-0.3, -0.25) is 4.79 Å². The molecule has 1 aliphatic rings. The van der Waals surface area contributed by atoms with Crippen LogP contribution >= 0.6 is 0 Å². The molecule has 0 N–H and O–H groups in total. The number of nitrogens with zero attached hydrogens (tertiary/aromatic N) is 2. The Morgan fingerprint density at radius 3 is 2.77 bits per heavy atom. The lowest BCUT2D eigenvalue weighted by atomic mass is 10.2. The van der Waals surface area contributed by atoms with Gasteiger partial charge in [-0.15, -0.1) is 0 Å². The first-order valence-electron chi connectivity index (χ1n) is 8.69. The van der Waals surface area contributed by atoms with E-state index in [0.717, 1.165) is 17.3 Å². The third-order valence-electron chi connectivity index (χ3n) is 4.63. The second kappa shape index (κ2) is 7.04. The second-order valence-electron chi connectivity index (χ2n) is 6.32. The quantitative estimate of drug-likeness (QED) is 0.724. The van der Waals surface area contributed by atoms with Gasteiger partial charge in [0.25, 0.3) is 5.91 Å². The largest absolute Gasteiger partial charge is 0.496 e. The number of aromatic nitrogens is 1. The first kappa shape index (κ1) is 16.4. The van der Waals surface area contributed by atoms with Crippen LogP contribution in [0.15, 0.2) is 60.7 Å². The summed E-state index contributed by atoms with van der Waals surface area (Å²) in [5, 5.41) is 1.08. The number of likely N-dealkylation sites (tertiary alicyclic amines) is 1. The van der Waals surface area contributed by atoms with Crippen LogP contribution in [0.25, 0.3) is 10.9 Å². The Hall–Kier alpha value is -3.08. The Balaban J connectivity index is 1.45. The number of hydrogen-bond acceptors (Lipinski definition) is 4. The zero-order valence-electron chi connectivity index (χ0n) is 14.6. The number of fused-ring (bicyclic) bond motifs is 1. The topological polar surface area (TPSA) is 51.7 Å². The van der Waals surface area contributed by atoms with Crippen LogP contribution in [0.1, 0.15) is 16.8 Å². The Morgan fingerprint density at radius 2 is 1.88 bits per heavy atom. The van der Waals surface area contributed by atoms with E-state index >= 15 is 0 Å². The highest BCUT2D eigenvalue weighted by atomic mass is 16.5. The van der Waals surface area contributed by atoms with E-state index < -0.39 is 0 Å². The lowest BCUT2D eigenvalue weighted by Gasteiger charge is -2.18. The van der Waals surface area contributed by atoms with Crippen molar-refractivity contribution in [1.29, 1.82) is 0 Å². The molecule has 2 aromatic carbocycles. The first-order chi connectivity index (χ1) is 12.7. The molecule has 0 bridgehead atoms. The molecule has 0 radical (unpaired) electrons. The first-order valence-corrected chi connectivity index (χ1v) is 8.69. The number of carbonyl (C=O) groups excluding carboxylic acids is 1. The van der Waals surface area contributed by atoms with Crippen molar-refractivity contribution in [2.75, 3.05) is 20.2 Å².